The Hall–Kier alpha value is -2.35. The molecule has 1 N–H and O–H groups in total. The van der Waals surface area contributed by atoms with Gasteiger partial charge in [-0.1, -0.05) is 11.6 Å². The summed E-state index contributed by atoms with van der Waals surface area (Å²) in [7, 11) is 0. The third-order valence-corrected chi connectivity index (χ3v) is 6.11. The number of nitrogens with zero attached hydrogens (tertiary/aromatic N) is 4. The molecule has 3 aliphatic rings. The van der Waals surface area contributed by atoms with E-state index >= 15 is 0 Å². The average Bonchev–Trinajstić information content (AvgIpc) is 2.75. The van der Waals surface area contributed by atoms with Gasteiger partial charge in [0.1, 0.15) is 6.04 Å². The van der Waals surface area contributed by atoms with Gasteiger partial charge in [-0.05, 0) is 35.9 Å². The molecule has 0 aliphatic carbocycles. The Kier molecular flexibility index (Phi) is 5.03. The number of aromatic nitrogens is 1. The predicted molar refractivity (Wildman–Crippen MR) is 114 cm³/mol. The van der Waals surface area contributed by atoms with Crippen LogP contribution in [0, 0.1) is 0 Å². The van der Waals surface area contributed by atoms with Crippen LogP contribution in [0.2, 0.25) is 5.02 Å². The highest BCUT2D eigenvalue weighted by atomic mass is 35.5. The van der Waals surface area contributed by atoms with Crippen molar-refractivity contribution in [3.05, 3.63) is 47.1 Å². The summed E-state index contributed by atoms with van der Waals surface area (Å²) < 4.78 is 5.45. The summed E-state index contributed by atoms with van der Waals surface area (Å²) in [5.74, 6) is 0.849. The lowest BCUT2D eigenvalue weighted by Crippen LogP contribution is -2.55. The third-order valence-electron chi connectivity index (χ3n) is 5.85. The number of fused-ring (bicyclic) bond motifs is 3. The molecule has 1 atom stereocenters. The first kappa shape index (κ1) is 18.7. The second-order valence-corrected chi connectivity index (χ2v) is 8.16. The van der Waals surface area contributed by atoms with Gasteiger partial charge >= 0.3 is 0 Å². The Morgan fingerprint density at radius 2 is 1.93 bits per heavy atom. The Morgan fingerprint density at radius 3 is 2.72 bits per heavy atom. The Bertz CT molecular complexity index is 898. The molecule has 152 valence electrons. The lowest BCUT2D eigenvalue weighted by atomic mass is 10.1. The molecule has 1 unspecified atom stereocenters. The van der Waals surface area contributed by atoms with Crippen LogP contribution in [-0.4, -0.2) is 67.8 Å². The molecule has 1 aromatic carbocycles. The van der Waals surface area contributed by atoms with Gasteiger partial charge in [0.25, 0.3) is 0 Å². The Labute approximate surface area is 175 Å². The van der Waals surface area contributed by atoms with E-state index in [9.17, 15) is 4.79 Å². The molecule has 7 nitrogen and oxygen atoms in total. The minimum Gasteiger partial charge on any atom is -0.377 e. The van der Waals surface area contributed by atoms with Crippen molar-refractivity contribution in [2.45, 2.75) is 12.6 Å². The van der Waals surface area contributed by atoms with Gasteiger partial charge in [-0.15, -0.1) is 0 Å². The minimum atomic E-state index is -0.268. The van der Waals surface area contributed by atoms with Crippen LogP contribution >= 0.6 is 11.6 Å². The van der Waals surface area contributed by atoms with Crippen LogP contribution in [0.4, 0.5) is 17.2 Å². The van der Waals surface area contributed by atoms with Gasteiger partial charge in [-0.25, -0.2) is 4.98 Å². The number of hydrogen-bond donors (Lipinski definition) is 1. The predicted octanol–water partition coefficient (Wildman–Crippen LogP) is 2.21. The van der Waals surface area contributed by atoms with Crippen molar-refractivity contribution in [1.82, 2.24) is 9.88 Å². The Balaban J connectivity index is 1.24. The van der Waals surface area contributed by atoms with Crippen LogP contribution in [0.25, 0.3) is 0 Å². The van der Waals surface area contributed by atoms with E-state index in [0.29, 0.717) is 19.8 Å². The molecule has 3 aliphatic heterocycles. The zero-order chi connectivity index (χ0) is 19.8. The number of pyridine rings is 1. The molecule has 2 saturated heterocycles. The second kappa shape index (κ2) is 7.82. The number of piperazine rings is 1. The van der Waals surface area contributed by atoms with Crippen LogP contribution in [-0.2, 0) is 16.1 Å². The standard InChI is InChI=1S/C21H24ClN5O2/c22-16-1-3-17(4-2-16)26-7-5-25(6-8-26)13-15-11-18-20(23-12-15)27-9-10-29-14-19(27)21(28)24-18/h1-4,11-12,19H,5-10,13-14H2,(H,24,28). The normalized spacial score (nSPS) is 22.1. The number of anilines is 3. The number of ether oxygens (including phenoxy) is 1. The molecule has 0 bridgehead atoms. The molecule has 1 aromatic heterocycles. The molecule has 2 aromatic rings. The molecule has 0 radical (unpaired) electrons. The zero-order valence-electron chi connectivity index (χ0n) is 16.2. The summed E-state index contributed by atoms with van der Waals surface area (Å²) in [5.41, 5.74) is 3.15. The second-order valence-electron chi connectivity index (χ2n) is 7.73. The van der Waals surface area contributed by atoms with Gasteiger partial charge in [-0.3, -0.25) is 9.69 Å². The van der Waals surface area contributed by atoms with E-state index in [0.717, 1.165) is 54.8 Å². The van der Waals surface area contributed by atoms with E-state index in [1.54, 1.807) is 0 Å². The highest BCUT2D eigenvalue weighted by Gasteiger charge is 2.36. The van der Waals surface area contributed by atoms with Gasteiger partial charge < -0.3 is 19.9 Å². The molecule has 8 heteroatoms. The molecule has 2 fully saturated rings. The number of benzene rings is 1. The Morgan fingerprint density at radius 1 is 1.14 bits per heavy atom. The molecule has 1 amide bonds. The average molecular weight is 414 g/mol. The molecule has 0 spiro atoms. The molecular formula is C21H24ClN5O2. The van der Waals surface area contributed by atoms with Gasteiger partial charge in [0, 0.05) is 56.2 Å². The van der Waals surface area contributed by atoms with Crippen molar-refractivity contribution in [3.8, 4) is 0 Å². The fourth-order valence-electron chi connectivity index (χ4n) is 4.27. The van der Waals surface area contributed by atoms with Crippen LogP contribution < -0.4 is 15.1 Å². The zero-order valence-corrected chi connectivity index (χ0v) is 16.9. The fraction of sp³-hybridized carbons (Fsp3) is 0.429. The summed E-state index contributed by atoms with van der Waals surface area (Å²) in [4.78, 5) is 24.0. The highest BCUT2D eigenvalue weighted by Crippen LogP contribution is 2.32. The third kappa shape index (κ3) is 3.77. The van der Waals surface area contributed by atoms with Crippen molar-refractivity contribution < 1.29 is 9.53 Å². The molecule has 5 rings (SSSR count). The number of carbonyl (C=O) groups excluding carboxylic acids is 1. The maximum atomic E-state index is 12.4. The fourth-order valence-corrected chi connectivity index (χ4v) is 4.40. The number of halogens is 1. The largest absolute Gasteiger partial charge is 0.377 e. The van der Waals surface area contributed by atoms with Crippen LogP contribution in [0.1, 0.15) is 5.56 Å². The lowest BCUT2D eigenvalue weighted by molar-refractivity contribution is -0.120. The van der Waals surface area contributed by atoms with Crippen LogP contribution in [0.15, 0.2) is 36.5 Å². The number of hydrogen-bond acceptors (Lipinski definition) is 6. The summed E-state index contributed by atoms with van der Waals surface area (Å²) >= 11 is 5.99. The minimum absolute atomic E-state index is 0.00673. The van der Waals surface area contributed by atoms with Crippen LogP contribution in [0.5, 0.6) is 0 Å². The molecule has 29 heavy (non-hydrogen) atoms. The van der Waals surface area contributed by atoms with Crippen molar-refractivity contribution in [2.75, 3.05) is 61.1 Å². The van der Waals surface area contributed by atoms with E-state index in [-0.39, 0.29) is 11.9 Å². The number of rotatable bonds is 3. The van der Waals surface area contributed by atoms with E-state index in [4.69, 9.17) is 16.3 Å². The van der Waals surface area contributed by atoms with Gasteiger partial charge in [-0.2, -0.15) is 0 Å². The summed E-state index contributed by atoms with van der Waals surface area (Å²) in [5, 5.41) is 3.78. The molecule has 0 saturated carbocycles. The first-order valence-corrected chi connectivity index (χ1v) is 10.4. The van der Waals surface area contributed by atoms with Gasteiger partial charge in [0.05, 0.1) is 18.9 Å². The van der Waals surface area contributed by atoms with Crippen LogP contribution in [0.3, 0.4) is 0 Å². The van der Waals surface area contributed by atoms with E-state index in [2.05, 4.69) is 43.2 Å². The number of morpholine rings is 1. The summed E-state index contributed by atoms with van der Waals surface area (Å²) in [6.45, 7) is 6.51. The summed E-state index contributed by atoms with van der Waals surface area (Å²) in [6, 6.07) is 9.83. The van der Waals surface area contributed by atoms with Crippen molar-refractivity contribution in [3.63, 3.8) is 0 Å². The van der Waals surface area contributed by atoms with E-state index < -0.39 is 0 Å². The number of carbonyl (C=O) groups is 1. The van der Waals surface area contributed by atoms with Crippen molar-refractivity contribution in [2.24, 2.45) is 0 Å². The maximum absolute atomic E-state index is 12.4. The first-order valence-electron chi connectivity index (χ1n) is 10.0. The van der Waals surface area contributed by atoms with Gasteiger partial charge in [0.15, 0.2) is 5.82 Å². The SMILES string of the molecule is O=C1Nc2cc(CN3CCN(c4ccc(Cl)cc4)CC3)cnc2N2CCOCC12. The molecular weight excluding hydrogens is 390 g/mol. The van der Waals surface area contributed by atoms with E-state index in [1.165, 1.54) is 5.69 Å². The van der Waals surface area contributed by atoms with Crippen molar-refractivity contribution in [1.29, 1.82) is 0 Å². The highest BCUT2D eigenvalue weighted by molar-refractivity contribution is 6.30. The topological polar surface area (TPSA) is 60.9 Å². The quantitative estimate of drug-likeness (QED) is 0.832. The lowest BCUT2D eigenvalue weighted by Gasteiger charge is -2.40. The monoisotopic (exact) mass is 413 g/mol. The molecule has 4 heterocycles. The number of amides is 1. The van der Waals surface area contributed by atoms with Crippen molar-refractivity contribution >= 4 is 34.7 Å². The maximum Gasteiger partial charge on any atom is 0.249 e. The number of nitrogens with one attached hydrogen (secondary N) is 1. The first-order chi connectivity index (χ1) is 14.2. The van der Waals surface area contributed by atoms with Gasteiger partial charge in [0.2, 0.25) is 5.91 Å². The summed E-state index contributed by atoms with van der Waals surface area (Å²) in [6.07, 6.45) is 1.94. The van der Waals surface area contributed by atoms with E-state index in [1.807, 2.05) is 18.3 Å². The smallest absolute Gasteiger partial charge is 0.249 e.